The third-order valence-corrected chi connectivity index (χ3v) is 5.30. The zero-order valence-corrected chi connectivity index (χ0v) is 17.5. The number of benzene rings is 2. The van der Waals surface area contributed by atoms with E-state index in [-0.39, 0.29) is 18.9 Å². The summed E-state index contributed by atoms with van der Waals surface area (Å²) in [6, 6.07) is 14.8. The van der Waals surface area contributed by atoms with Crippen LogP contribution in [0.25, 0.3) is 11.1 Å². The zero-order valence-electron chi connectivity index (χ0n) is 17.5. The summed E-state index contributed by atoms with van der Waals surface area (Å²) in [5.41, 5.74) is 6.97. The number of hydroxylamine groups is 1. The Bertz CT molecular complexity index is 1100. The lowest BCUT2D eigenvalue weighted by atomic mass is 9.98. The summed E-state index contributed by atoms with van der Waals surface area (Å²) in [6.45, 7) is -0.624. The van der Waals surface area contributed by atoms with Crippen molar-refractivity contribution >= 4 is 18.0 Å². The SMILES string of the molecule is O=C(O)CONC(=O)[C@H](Cc1cnc[nH]1)NC(=O)OCC1c2ccccc2-c2ccccc21. The first-order chi connectivity index (χ1) is 16.0. The molecule has 1 aliphatic carbocycles. The van der Waals surface area contributed by atoms with Crippen LogP contribution in [0, 0.1) is 0 Å². The number of fused-ring (bicyclic) bond motifs is 3. The molecule has 10 heteroatoms. The number of hydrogen-bond acceptors (Lipinski definition) is 6. The standard InChI is InChI=1S/C23H22N4O6/c28-21(29)12-33-27-22(30)20(9-14-10-24-13-25-14)26-23(31)32-11-19-17-7-3-1-5-15(17)16-6-2-4-8-18(16)19/h1-8,10,13,19-20H,9,11-12H2,(H,24,25)(H,26,31)(H,27,30)(H,28,29)/t20-/m0/s1. The van der Waals surface area contributed by atoms with Gasteiger partial charge in [0.2, 0.25) is 0 Å². The van der Waals surface area contributed by atoms with Gasteiger partial charge in [0, 0.05) is 24.2 Å². The first-order valence-electron chi connectivity index (χ1n) is 10.2. The third-order valence-electron chi connectivity index (χ3n) is 5.30. The summed E-state index contributed by atoms with van der Waals surface area (Å²) in [7, 11) is 0. The maximum atomic E-state index is 12.6. The Balaban J connectivity index is 1.41. The lowest BCUT2D eigenvalue weighted by Crippen LogP contribution is -2.48. The van der Waals surface area contributed by atoms with Gasteiger partial charge < -0.3 is 20.1 Å². The Morgan fingerprint density at radius 2 is 1.73 bits per heavy atom. The number of carbonyl (C=O) groups is 3. The van der Waals surface area contributed by atoms with Crippen LogP contribution in [0.5, 0.6) is 0 Å². The van der Waals surface area contributed by atoms with Crippen molar-refractivity contribution in [3.63, 3.8) is 0 Å². The average molecular weight is 450 g/mol. The average Bonchev–Trinajstić information content (AvgIpc) is 3.43. The highest BCUT2D eigenvalue weighted by molar-refractivity contribution is 5.85. The maximum Gasteiger partial charge on any atom is 0.407 e. The number of carbonyl (C=O) groups excluding carboxylic acids is 2. The smallest absolute Gasteiger partial charge is 0.407 e. The molecule has 0 bridgehead atoms. The number of ether oxygens (including phenoxy) is 1. The van der Waals surface area contributed by atoms with Crippen LogP contribution < -0.4 is 10.8 Å². The molecule has 2 amide bonds. The molecule has 170 valence electrons. The molecule has 10 nitrogen and oxygen atoms in total. The highest BCUT2D eigenvalue weighted by Crippen LogP contribution is 2.44. The second-order valence-corrected chi connectivity index (χ2v) is 7.45. The molecule has 1 aromatic heterocycles. The van der Waals surface area contributed by atoms with Crippen LogP contribution in [0.1, 0.15) is 22.7 Å². The van der Waals surface area contributed by atoms with Crippen molar-refractivity contribution in [1.82, 2.24) is 20.8 Å². The van der Waals surface area contributed by atoms with Crippen molar-refractivity contribution in [3.05, 3.63) is 77.9 Å². The van der Waals surface area contributed by atoms with Gasteiger partial charge in [0.05, 0.1) is 6.33 Å². The largest absolute Gasteiger partial charge is 0.479 e. The Hall–Kier alpha value is -4.18. The molecule has 2 aromatic carbocycles. The van der Waals surface area contributed by atoms with Crippen molar-refractivity contribution in [3.8, 4) is 11.1 Å². The molecule has 1 atom stereocenters. The molecule has 0 saturated heterocycles. The van der Waals surface area contributed by atoms with Gasteiger partial charge in [-0.1, -0.05) is 48.5 Å². The molecule has 4 N–H and O–H groups in total. The topological polar surface area (TPSA) is 143 Å². The van der Waals surface area contributed by atoms with Crippen molar-refractivity contribution in [2.24, 2.45) is 0 Å². The monoisotopic (exact) mass is 450 g/mol. The number of amides is 2. The molecular formula is C23H22N4O6. The molecule has 4 rings (SSSR count). The second-order valence-electron chi connectivity index (χ2n) is 7.45. The third kappa shape index (κ3) is 5.18. The predicted molar refractivity (Wildman–Crippen MR) is 116 cm³/mol. The Labute approximate surface area is 188 Å². The normalized spacial score (nSPS) is 13.0. The van der Waals surface area contributed by atoms with Crippen LogP contribution >= 0.6 is 0 Å². The van der Waals surface area contributed by atoms with E-state index in [9.17, 15) is 14.4 Å². The van der Waals surface area contributed by atoms with Crippen molar-refractivity contribution in [2.75, 3.05) is 13.2 Å². The number of carboxylic acids is 1. The van der Waals surface area contributed by atoms with Gasteiger partial charge in [0.1, 0.15) is 12.6 Å². The Morgan fingerprint density at radius 1 is 1.06 bits per heavy atom. The summed E-state index contributed by atoms with van der Waals surface area (Å²) in [5.74, 6) is -2.09. The maximum absolute atomic E-state index is 12.6. The fourth-order valence-electron chi connectivity index (χ4n) is 3.85. The van der Waals surface area contributed by atoms with Gasteiger partial charge in [-0.3, -0.25) is 9.63 Å². The molecule has 1 heterocycles. The Morgan fingerprint density at radius 3 is 2.33 bits per heavy atom. The van der Waals surface area contributed by atoms with Crippen LogP contribution in [0.2, 0.25) is 0 Å². The highest BCUT2D eigenvalue weighted by Gasteiger charge is 2.30. The number of aliphatic carboxylic acids is 1. The molecule has 33 heavy (non-hydrogen) atoms. The predicted octanol–water partition coefficient (Wildman–Crippen LogP) is 1.99. The van der Waals surface area contributed by atoms with Crippen molar-refractivity contribution in [2.45, 2.75) is 18.4 Å². The fraction of sp³-hybridized carbons (Fsp3) is 0.217. The molecule has 0 aliphatic heterocycles. The number of alkyl carbamates (subject to hydrolysis) is 1. The van der Waals surface area contributed by atoms with Crippen LogP contribution in [0.15, 0.2) is 61.1 Å². The summed E-state index contributed by atoms with van der Waals surface area (Å²) in [6.07, 6.45) is 2.25. The fourth-order valence-corrected chi connectivity index (χ4v) is 3.85. The van der Waals surface area contributed by atoms with Crippen molar-refractivity contribution < 1.29 is 29.1 Å². The van der Waals surface area contributed by atoms with Crippen LogP contribution in [-0.2, 0) is 25.6 Å². The van der Waals surface area contributed by atoms with Gasteiger partial charge in [0.15, 0.2) is 6.61 Å². The minimum absolute atomic E-state index is 0.0759. The van der Waals surface area contributed by atoms with E-state index in [1.807, 2.05) is 54.0 Å². The minimum Gasteiger partial charge on any atom is -0.479 e. The minimum atomic E-state index is -1.25. The highest BCUT2D eigenvalue weighted by atomic mass is 16.7. The number of H-pyrrole nitrogens is 1. The van der Waals surface area contributed by atoms with Gasteiger partial charge in [0.25, 0.3) is 5.91 Å². The second kappa shape index (κ2) is 9.96. The van der Waals surface area contributed by atoms with E-state index in [0.717, 1.165) is 22.3 Å². The van der Waals surface area contributed by atoms with Crippen LogP contribution in [-0.4, -0.2) is 52.3 Å². The summed E-state index contributed by atoms with van der Waals surface area (Å²) in [5, 5.41) is 11.2. The van der Waals surface area contributed by atoms with Crippen LogP contribution in [0.3, 0.4) is 0 Å². The molecule has 0 unspecified atom stereocenters. The number of rotatable bonds is 9. The molecular weight excluding hydrogens is 428 g/mol. The van der Waals surface area contributed by atoms with Gasteiger partial charge >= 0.3 is 12.1 Å². The van der Waals surface area contributed by atoms with Gasteiger partial charge in [-0.15, -0.1) is 0 Å². The van der Waals surface area contributed by atoms with Gasteiger partial charge in [-0.05, 0) is 22.3 Å². The van der Waals surface area contributed by atoms with Crippen LogP contribution in [0.4, 0.5) is 4.79 Å². The van der Waals surface area contributed by atoms with Crippen molar-refractivity contribution in [1.29, 1.82) is 0 Å². The van der Waals surface area contributed by atoms with E-state index in [1.54, 1.807) is 0 Å². The van der Waals surface area contributed by atoms with Gasteiger partial charge in [-0.25, -0.2) is 20.1 Å². The number of carboxylic acid groups (broad SMARTS) is 1. The number of hydrogen-bond donors (Lipinski definition) is 4. The van der Waals surface area contributed by atoms with E-state index in [0.29, 0.717) is 5.69 Å². The molecule has 1 aliphatic rings. The quantitative estimate of drug-likeness (QED) is 0.365. The number of nitrogens with one attached hydrogen (secondary N) is 3. The lowest BCUT2D eigenvalue weighted by molar-refractivity contribution is -0.150. The molecule has 0 saturated carbocycles. The van der Waals surface area contributed by atoms with Gasteiger partial charge in [-0.2, -0.15) is 0 Å². The number of nitrogens with zero attached hydrogens (tertiary/aromatic N) is 1. The first kappa shape index (κ1) is 22.0. The van der Waals surface area contributed by atoms with E-state index in [1.165, 1.54) is 12.5 Å². The first-order valence-corrected chi connectivity index (χ1v) is 10.2. The van der Waals surface area contributed by atoms with E-state index in [4.69, 9.17) is 9.84 Å². The van der Waals surface area contributed by atoms with E-state index in [2.05, 4.69) is 20.1 Å². The summed E-state index contributed by atoms with van der Waals surface area (Å²) in [4.78, 5) is 47.0. The lowest BCUT2D eigenvalue weighted by Gasteiger charge is -2.19. The summed E-state index contributed by atoms with van der Waals surface area (Å²) >= 11 is 0. The number of imidazole rings is 1. The number of aromatic nitrogens is 2. The number of aromatic amines is 1. The zero-order chi connectivity index (χ0) is 23.2. The molecule has 3 aromatic rings. The van der Waals surface area contributed by atoms with E-state index >= 15 is 0 Å². The van der Waals surface area contributed by atoms with E-state index < -0.39 is 30.6 Å². The molecule has 0 fully saturated rings. The molecule has 0 radical (unpaired) electrons. The Kier molecular flexibility index (Phi) is 6.65. The summed E-state index contributed by atoms with van der Waals surface area (Å²) < 4.78 is 5.49. The molecule has 0 spiro atoms.